The molecular weight excluding hydrogens is 448 g/mol. The van der Waals surface area contributed by atoms with Gasteiger partial charge in [-0.3, -0.25) is 19.3 Å². The molecule has 1 aliphatic carbocycles. The molecule has 1 fully saturated rings. The molecule has 0 saturated heterocycles. The second kappa shape index (κ2) is 9.02. The van der Waals surface area contributed by atoms with E-state index in [0.29, 0.717) is 16.8 Å². The van der Waals surface area contributed by atoms with E-state index in [2.05, 4.69) is 20.3 Å². The first-order chi connectivity index (χ1) is 15.7. The molecule has 3 N–H and O–H groups in total. The van der Waals surface area contributed by atoms with Crippen LogP contribution in [0.15, 0.2) is 58.4 Å². The predicted octanol–water partition coefficient (Wildman–Crippen LogP) is 1.19. The minimum Gasteiger partial charge on any atom is -0.454 e. The minimum absolute atomic E-state index is 0.0371. The zero-order valence-electron chi connectivity index (χ0n) is 17.7. The molecule has 1 saturated carbocycles. The van der Waals surface area contributed by atoms with Gasteiger partial charge in [-0.2, -0.15) is 0 Å². The van der Waals surface area contributed by atoms with E-state index in [1.165, 1.54) is 13.0 Å². The molecule has 0 radical (unpaired) electrons. The van der Waals surface area contributed by atoms with E-state index in [9.17, 15) is 22.8 Å². The summed E-state index contributed by atoms with van der Waals surface area (Å²) in [6, 6.07) is 11.9. The van der Waals surface area contributed by atoms with Gasteiger partial charge in [-0.1, -0.05) is 24.3 Å². The van der Waals surface area contributed by atoms with Crippen LogP contribution in [0.5, 0.6) is 0 Å². The Morgan fingerprint density at radius 1 is 1.12 bits per heavy atom. The summed E-state index contributed by atoms with van der Waals surface area (Å²) >= 11 is 0. The molecule has 0 aromatic heterocycles. The Morgan fingerprint density at radius 3 is 2.58 bits per heavy atom. The van der Waals surface area contributed by atoms with Crippen LogP contribution in [0.2, 0.25) is 0 Å². The van der Waals surface area contributed by atoms with E-state index in [0.717, 1.165) is 12.8 Å². The number of amidine groups is 1. The minimum atomic E-state index is -3.73. The fourth-order valence-electron chi connectivity index (χ4n) is 3.20. The summed E-state index contributed by atoms with van der Waals surface area (Å²) < 4.78 is 31.6. The topological polar surface area (TPSA) is 143 Å². The number of anilines is 1. The fraction of sp³-hybridized carbons (Fsp3) is 0.273. The number of aliphatic imine (C=N–C) groups is 1. The standard InChI is InChI=1S/C22H22N4O6S/c1-13(23-20-16-7-3-5-9-18(16)33(30,31)26-20)22(29)32-12-19(27)25-17-8-4-2-6-15(17)21(28)24-14-10-11-14/h2-9,13-14H,10-12H2,1H3,(H,23,26)(H,24,28)(H,25,27)/t13-/m0/s1. The number of hydrogen-bond donors (Lipinski definition) is 3. The molecule has 2 aromatic rings. The number of sulfonamides is 1. The largest absolute Gasteiger partial charge is 0.454 e. The molecule has 0 bridgehead atoms. The molecule has 0 spiro atoms. The zero-order valence-corrected chi connectivity index (χ0v) is 18.5. The van der Waals surface area contributed by atoms with Crippen molar-refractivity contribution in [1.82, 2.24) is 10.0 Å². The molecule has 1 atom stereocenters. The van der Waals surface area contributed by atoms with Gasteiger partial charge in [-0.05, 0) is 44.0 Å². The number of benzene rings is 2. The lowest BCUT2D eigenvalue weighted by Gasteiger charge is -2.12. The van der Waals surface area contributed by atoms with Gasteiger partial charge in [0.05, 0.1) is 16.1 Å². The van der Waals surface area contributed by atoms with Crippen molar-refractivity contribution in [2.24, 2.45) is 4.99 Å². The summed E-state index contributed by atoms with van der Waals surface area (Å²) in [4.78, 5) is 41.1. The molecule has 2 aliphatic rings. The molecule has 0 unspecified atom stereocenters. The Hall–Kier alpha value is -3.73. The first-order valence-electron chi connectivity index (χ1n) is 10.3. The summed E-state index contributed by atoms with van der Waals surface area (Å²) in [7, 11) is -3.73. The lowest BCUT2D eigenvalue weighted by Crippen LogP contribution is -2.30. The Kier molecular flexibility index (Phi) is 6.14. The second-order valence-corrected chi connectivity index (χ2v) is 9.36. The SMILES string of the molecule is C[C@H](N=C1NS(=O)(=O)c2ccccc21)C(=O)OCC(=O)Nc1ccccc1C(=O)NC1CC1. The normalized spacial score (nSPS) is 18.0. The van der Waals surface area contributed by atoms with Crippen LogP contribution in [-0.2, 0) is 24.3 Å². The van der Waals surface area contributed by atoms with Crippen LogP contribution in [0.1, 0.15) is 35.7 Å². The average molecular weight is 471 g/mol. The molecule has 33 heavy (non-hydrogen) atoms. The first-order valence-corrected chi connectivity index (χ1v) is 11.8. The Bertz CT molecular complexity index is 1250. The van der Waals surface area contributed by atoms with Crippen molar-refractivity contribution in [3.8, 4) is 0 Å². The maximum atomic E-state index is 12.3. The van der Waals surface area contributed by atoms with Gasteiger partial charge in [0, 0.05) is 11.6 Å². The monoisotopic (exact) mass is 470 g/mol. The quantitative estimate of drug-likeness (QED) is 0.519. The van der Waals surface area contributed by atoms with Crippen molar-refractivity contribution < 1.29 is 27.5 Å². The highest BCUT2D eigenvalue weighted by molar-refractivity contribution is 7.90. The smallest absolute Gasteiger partial charge is 0.331 e. The number of hydrogen-bond acceptors (Lipinski definition) is 7. The number of carbonyl (C=O) groups is 3. The molecule has 4 rings (SSSR count). The Morgan fingerprint density at radius 2 is 1.82 bits per heavy atom. The fourth-order valence-corrected chi connectivity index (χ4v) is 4.44. The molecule has 10 nitrogen and oxygen atoms in total. The summed E-state index contributed by atoms with van der Waals surface area (Å²) in [5.74, 6) is -1.67. The second-order valence-electron chi connectivity index (χ2n) is 7.70. The van der Waals surface area contributed by atoms with Crippen LogP contribution in [0, 0.1) is 0 Å². The van der Waals surface area contributed by atoms with E-state index in [1.54, 1.807) is 42.5 Å². The van der Waals surface area contributed by atoms with E-state index in [-0.39, 0.29) is 22.7 Å². The van der Waals surface area contributed by atoms with Gasteiger partial charge in [0.25, 0.3) is 21.8 Å². The van der Waals surface area contributed by atoms with Gasteiger partial charge in [-0.15, -0.1) is 0 Å². The van der Waals surface area contributed by atoms with Crippen LogP contribution in [0.25, 0.3) is 0 Å². The number of rotatable bonds is 7. The third-order valence-corrected chi connectivity index (χ3v) is 6.43. The summed E-state index contributed by atoms with van der Waals surface area (Å²) in [6.07, 6.45) is 1.87. The van der Waals surface area contributed by atoms with E-state index >= 15 is 0 Å². The number of fused-ring (bicyclic) bond motifs is 1. The van der Waals surface area contributed by atoms with E-state index in [4.69, 9.17) is 4.74 Å². The number of para-hydroxylation sites is 1. The molecular formula is C22H22N4O6S. The molecule has 2 aromatic carbocycles. The van der Waals surface area contributed by atoms with Crippen molar-refractivity contribution in [2.75, 3.05) is 11.9 Å². The first kappa shape index (κ1) is 22.5. The van der Waals surface area contributed by atoms with Crippen molar-refractivity contribution >= 4 is 39.3 Å². The Balaban J connectivity index is 1.35. The van der Waals surface area contributed by atoms with Gasteiger partial charge in [0.15, 0.2) is 6.61 Å². The van der Waals surface area contributed by atoms with Crippen LogP contribution < -0.4 is 15.4 Å². The Labute approximate surface area is 190 Å². The third kappa shape index (κ3) is 5.20. The van der Waals surface area contributed by atoms with Crippen molar-refractivity contribution in [2.45, 2.75) is 36.7 Å². The number of nitrogens with one attached hydrogen (secondary N) is 3. The highest BCUT2D eigenvalue weighted by Gasteiger charge is 2.31. The molecule has 172 valence electrons. The van der Waals surface area contributed by atoms with E-state index < -0.39 is 34.5 Å². The summed E-state index contributed by atoms with van der Waals surface area (Å²) in [6.45, 7) is 0.842. The average Bonchev–Trinajstić information content (AvgIpc) is 3.56. The maximum Gasteiger partial charge on any atom is 0.331 e. The molecule has 1 heterocycles. The van der Waals surface area contributed by atoms with Crippen LogP contribution in [-0.4, -0.2) is 50.7 Å². The van der Waals surface area contributed by atoms with Gasteiger partial charge in [-0.25, -0.2) is 13.2 Å². The number of nitrogens with zero attached hydrogens (tertiary/aromatic N) is 1. The molecule has 1 aliphatic heterocycles. The molecule has 11 heteroatoms. The van der Waals surface area contributed by atoms with E-state index in [1.807, 2.05) is 0 Å². The maximum absolute atomic E-state index is 12.3. The highest BCUT2D eigenvalue weighted by atomic mass is 32.2. The van der Waals surface area contributed by atoms with Gasteiger partial charge < -0.3 is 15.4 Å². The summed E-state index contributed by atoms with van der Waals surface area (Å²) in [5, 5.41) is 5.43. The number of esters is 1. The number of amides is 2. The highest BCUT2D eigenvalue weighted by Crippen LogP contribution is 2.23. The third-order valence-electron chi connectivity index (χ3n) is 5.03. The lowest BCUT2D eigenvalue weighted by atomic mass is 10.1. The van der Waals surface area contributed by atoms with Crippen molar-refractivity contribution in [3.05, 3.63) is 59.7 Å². The van der Waals surface area contributed by atoms with Crippen molar-refractivity contribution in [1.29, 1.82) is 0 Å². The number of ether oxygens (including phenoxy) is 1. The van der Waals surface area contributed by atoms with Gasteiger partial charge in [0.2, 0.25) is 0 Å². The van der Waals surface area contributed by atoms with Crippen LogP contribution in [0.4, 0.5) is 5.69 Å². The number of carbonyl (C=O) groups excluding carboxylic acids is 3. The summed E-state index contributed by atoms with van der Waals surface area (Å²) in [5.41, 5.74) is 0.981. The lowest BCUT2D eigenvalue weighted by molar-refractivity contribution is -0.148. The van der Waals surface area contributed by atoms with Crippen LogP contribution >= 0.6 is 0 Å². The van der Waals surface area contributed by atoms with Gasteiger partial charge >= 0.3 is 5.97 Å². The van der Waals surface area contributed by atoms with Crippen LogP contribution in [0.3, 0.4) is 0 Å². The predicted molar refractivity (Wildman–Crippen MR) is 119 cm³/mol. The van der Waals surface area contributed by atoms with Gasteiger partial charge in [0.1, 0.15) is 11.9 Å². The molecule has 2 amide bonds. The zero-order chi connectivity index (χ0) is 23.6. The van der Waals surface area contributed by atoms with Crippen molar-refractivity contribution in [3.63, 3.8) is 0 Å².